The fraction of sp³-hybridized carbons (Fsp3) is 0.292. The zero-order chi connectivity index (χ0) is 22.7. The summed E-state index contributed by atoms with van der Waals surface area (Å²) in [5.74, 6) is 1.61. The van der Waals surface area contributed by atoms with E-state index in [0.717, 1.165) is 43.9 Å². The van der Waals surface area contributed by atoms with Crippen molar-refractivity contribution in [2.45, 2.75) is 39.8 Å². The van der Waals surface area contributed by atoms with Crippen LogP contribution >= 0.6 is 15.9 Å². The number of halogens is 1. The normalized spacial score (nSPS) is 11.1. The molecule has 32 heavy (non-hydrogen) atoms. The van der Waals surface area contributed by atoms with Gasteiger partial charge in [0.15, 0.2) is 11.5 Å². The minimum absolute atomic E-state index is 0.00514. The highest BCUT2D eigenvalue weighted by Crippen LogP contribution is 2.26. The summed E-state index contributed by atoms with van der Waals surface area (Å²) in [7, 11) is 1.63. The highest BCUT2D eigenvalue weighted by atomic mass is 79.9. The van der Waals surface area contributed by atoms with Crippen LogP contribution in [-0.4, -0.2) is 32.3 Å². The number of aromatic nitrogens is 4. The van der Waals surface area contributed by atoms with E-state index < -0.39 is 0 Å². The number of fused-ring (bicyclic) bond motifs is 1. The van der Waals surface area contributed by atoms with Gasteiger partial charge in [0.25, 0.3) is 0 Å². The van der Waals surface area contributed by atoms with Gasteiger partial charge in [0.2, 0.25) is 5.91 Å². The maximum absolute atomic E-state index is 12.4. The van der Waals surface area contributed by atoms with Crippen molar-refractivity contribution in [3.05, 3.63) is 70.1 Å². The predicted octanol–water partition coefficient (Wildman–Crippen LogP) is 4.71. The molecule has 1 aromatic carbocycles. The Morgan fingerprint density at radius 2 is 1.97 bits per heavy atom. The largest absolute Gasteiger partial charge is 0.496 e. The molecular weight excluding hydrogens is 470 g/mol. The fourth-order valence-corrected chi connectivity index (χ4v) is 4.27. The number of ether oxygens (including phenoxy) is 1. The molecule has 0 atom stereocenters. The Morgan fingerprint density at radius 3 is 2.72 bits per heavy atom. The summed E-state index contributed by atoms with van der Waals surface area (Å²) in [6.07, 6.45) is 5.03. The number of aryl methyl sites for hydroxylation is 3. The summed E-state index contributed by atoms with van der Waals surface area (Å²) in [6, 6.07) is 11.8. The molecule has 0 aliphatic heterocycles. The van der Waals surface area contributed by atoms with Crippen molar-refractivity contribution < 1.29 is 9.53 Å². The van der Waals surface area contributed by atoms with Crippen LogP contribution in [0, 0.1) is 13.8 Å². The van der Waals surface area contributed by atoms with Crippen LogP contribution in [-0.2, 0) is 17.9 Å². The molecule has 0 unspecified atom stereocenters. The van der Waals surface area contributed by atoms with Gasteiger partial charge in [-0.2, -0.15) is 5.10 Å². The third-order valence-electron chi connectivity index (χ3n) is 5.35. The number of amides is 1. The molecule has 0 saturated heterocycles. The molecule has 0 bridgehead atoms. The standard InChI is InChI=1S/C24H26BrN5O2/c1-16-13-17(2)27-23-22(16)24(29-10-4-5-11-29)28-30(23)12-6-7-21(31)26-15-18-14-19(25)8-9-20(18)32-3/h4-5,8-11,13-14H,6-7,12,15H2,1-3H3,(H,26,31). The third kappa shape index (κ3) is 4.70. The van der Waals surface area contributed by atoms with E-state index in [1.807, 2.05) is 58.9 Å². The first-order valence-electron chi connectivity index (χ1n) is 10.5. The van der Waals surface area contributed by atoms with Gasteiger partial charge < -0.3 is 14.6 Å². The van der Waals surface area contributed by atoms with E-state index in [1.54, 1.807) is 7.11 Å². The zero-order valence-corrected chi connectivity index (χ0v) is 20.0. The predicted molar refractivity (Wildman–Crippen MR) is 128 cm³/mol. The lowest BCUT2D eigenvalue weighted by Crippen LogP contribution is -2.23. The molecule has 0 aliphatic carbocycles. The van der Waals surface area contributed by atoms with Gasteiger partial charge in [-0.05, 0) is 62.2 Å². The van der Waals surface area contributed by atoms with Gasteiger partial charge in [-0.1, -0.05) is 15.9 Å². The molecule has 3 aromatic heterocycles. The highest BCUT2D eigenvalue weighted by Gasteiger charge is 2.16. The monoisotopic (exact) mass is 495 g/mol. The van der Waals surface area contributed by atoms with Crippen LogP contribution in [0.3, 0.4) is 0 Å². The Balaban J connectivity index is 1.44. The van der Waals surface area contributed by atoms with E-state index >= 15 is 0 Å². The minimum Gasteiger partial charge on any atom is -0.496 e. The van der Waals surface area contributed by atoms with Crippen molar-refractivity contribution in [1.29, 1.82) is 0 Å². The van der Waals surface area contributed by atoms with Crippen molar-refractivity contribution in [1.82, 2.24) is 24.6 Å². The molecule has 8 heteroatoms. The Kier molecular flexibility index (Phi) is 6.60. The Hall–Kier alpha value is -3.13. The first-order chi connectivity index (χ1) is 15.5. The van der Waals surface area contributed by atoms with Crippen molar-refractivity contribution in [2.75, 3.05) is 7.11 Å². The van der Waals surface area contributed by atoms with Gasteiger partial charge in [0.05, 0.1) is 12.5 Å². The van der Waals surface area contributed by atoms with Gasteiger partial charge in [-0.3, -0.25) is 4.79 Å². The number of carbonyl (C=O) groups excluding carboxylic acids is 1. The molecule has 0 saturated carbocycles. The summed E-state index contributed by atoms with van der Waals surface area (Å²) in [5.41, 5.74) is 3.88. The van der Waals surface area contributed by atoms with Crippen LogP contribution < -0.4 is 10.1 Å². The number of benzene rings is 1. The Bertz CT molecular complexity index is 1250. The summed E-state index contributed by atoms with van der Waals surface area (Å²) in [6.45, 7) is 5.10. The molecule has 7 nitrogen and oxygen atoms in total. The molecule has 0 aliphatic rings. The smallest absolute Gasteiger partial charge is 0.220 e. The second kappa shape index (κ2) is 9.56. The van der Waals surface area contributed by atoms with Crippen LogP contribution in [0.1, 0.15) is 29.7 Å². The fourth-order valence-electron chi connectivity index (χ4n) is 3.86. The van der Waals surface area contributed by atoms with E-state index in [4.69, 9.17) is 14.8 Å². The Labute approximate surface area is 195 Å². The van der Waals surface area contributed by atoms with Crippen LogP contribution in [0.5, 0.6) is 5.75 Å². The van der Waals surface area contributed by atoms with E-state index in [2.05, 4.69) is 34.2 Å². The van der Waals surface area contributed by atoms with Crippen molar-refractivity contribution in [2.24, 2.45) is 0 Å². The molecular formula is C24H26BrN5O2. The minimum atomic E-state index is -0.00514. The zero-order valence-electron chi connectivity index (χ0n) is 18.4. The van der Waals surface area contributed by atoms with E-state index in [1.165, 1.54) is 0 Å². The lowest BCUT2D eigenvalue weighted by atomic mass is 10.1. The number of carbonyl (C=O) groups is 1. The second-order valence-electron chi connectivity index (χ2n) is 7.75. The topological polar surface area (TPSA) is 74.0 Å². The molecule has 166 valence electrons. The summed E-state index contributed by atoms with van der Waals surface area (Å²) < 4.78 is 10.2. The molecule has 0 spiro atoms. The maximum atomic E-state index is 12.4. The number of hydrogen-bond donors (Lipinski definition) is 1. The number of methoxy groups -OCH3 is 1. The molecule has 3 heterocycles. The van der Waals surface area contributed by atoms with Gasteiger partial charge in [0, 0.05) is 47.6 Å². The van der Waals surface area contributed by atoms with E-state index in [9.17, 15) is 4.79 Å². The van der Waals surface area contributed by atoms with Crippen LogP contribution in [0.4, 0.5) is 0 Å². The third-order valence-corrected chi connectivity index (χ3v) is 5.84. The molecule has 1 amide bonds. The Morgan fingerprint density at radius 1 is 1.19 bits per heavy atom. The van der Waals surface area contributed by atoms with Crippen molar-refractivity contribution >= 4 is 32.9 Å². The van der Waals surface area contributed by atoms with E-state index in [-0.39, 0.29) is 5.91 Å². The van der Waals surface area contributed by atoms with Crippen LogP contribution in [0.25, 0.3) is 16.9 Å². The highest BCUT2D eigenvalue weighted by molar-refractivity contribution is 9.10. The number of nitrogens with one attached hydrogen (secondary N) is 1. The molecule has 4 rings (SSSR count). The average molecular weight is 496 g/mol. The summed E-state index contributed by atoms with van der Waals surface area (Å²) in [4.78, 5) is 17.2. The number of pyridine rings is 1. The van der Waals surface area contributed by atoms with Gasteiger partial charge in [-0.25, -0.2) is 9.67 Å². The van der Waals surface area contributed by atoms with Gasteiger partial charge in [0.1, 0.15) is 5.75 Å². The van der Waals surface area contributed by atoms with Gasteiger partial charge >= 0.3 is 0 Å². The lowest BCUT2D eigenvalue weighted by Gasteiger charge is -2.10. The number of rotatable bonds is 8. The summed E-state index contributed by atoms with van der Waals surface area (Å²) >= 11 is 3.46. The SMILES string of the molecule is COc1ccc(Br)cc1CNC(=O)CCCn1nc(-n2cccc2)c2c(C)cc(C)nc21. The number of hydrogen-bond acceptors (Lipinski definition) is 4. The first-order valence-corrected chi connectivity index (χ1v) is 11.3. The lowest BCUT2D eigenvalue weighted by molar-refractivity contribution is -0.121. The quantitative estimate of drug-likeness (QED) is 0.384. The van der Waals surface area contributed by atoms with Gasteiger partial charge in [-0.15, -0.1) is 0 Å². The molecule has 4 aromatic rings. The number of nitrogens with zero attached hydrogens (tertiary/aromatic N) is 4. The first kappa shape index (κ1) is 22.1. The maximum Gasteiger partial charge on any atom is 0.220 e. The van der Waals surface area contributed by atoms with Crippen LogP contribution in [0.2, 0.25) is 0 Å². The second-order valence-corrected chi connectivity index (χ2v) is 8.67. The van der Waals surface area contributed by atoms with Crippen LogP contribution in [0.15, 0.2) is 53.3 Å². The molecule has 0 radical (unpaired) electrons. The summed E-state index contributed by atoms with van der Waals surface area (Å²) in [5, 5.41) is 8.84. The van der Waals surface area contributed by atoms with Crippen molar-refractivity contribution in [3.63, 3.8) is 0 Å². The average Bonchev–Trinajstić information content (AvgIpc) is 3.41. The molecule has 1 N–H and O–H groups in total. The van der Waals surface area contributed by atoms with Crippen molar-refractivity contribution in [3.8, 4) is 11.6 Å². The molecule has 0 fully saturated rings. The van der Waals surface area contributed by atoms with E-state index in [0.29, 0.717) is 25.9 Å².